The lowest BCUT2D eigenvalue weighted by Crippen LogP contribution is -2.34. The maximum atomic E-state index is 13.6. The molecule has 5 aliphatic carbocycles. The van der Waals surface area contributed by atoms with Gasteiger partial charge in [0.15, 0.2) is 11.6 Å². The van der Waals surface area contributed by atoms with E-state index in [1.54, 1.807) is 11.3 Å². The number of Topliss-reactive ketones (excluding diaryl/α,β-unsaturated/α-hetero) is 1. The number of nitrogens with zero attached hydrogens (tertiary/aromatic N) is 2. The number of thiophene rings is 1. The molecule has 0 spiro atoms. The molecule has 2 aromatic rings. The molecular formula is C25H28N2O4S. The van der Waals surface area contributed by atoms with Gasteiger partial charge in [0.05, 0.1) is 5.56 Å². The zero-order valence-electron chi connectivity index (χ0n) is 18.2. The Hall–Kier alpha value is -2.28. The highest BCUT2D eigenvalue weighted by Gasteiger charge is 2.41. The molecule has 7 heteroatoms. The largest absolute Gasteiger partial charge is 0.478 e. The monoisotopic (exact) mass is 452 g/mol. The summed E-state index contributed by atoms with van der Waals surface area (Å²) >= 11 is 1.71. The fraction of sp³-hybridized carbons (Fsp3) is 0.600. The molecule has 1 N–H and O–H groups in total. The zero-order valence-corrected chi connectivity index (χ0v) is 19.0. The first-order valence-corrected chi connectivity index (χ1v) is 12.9. The summed E-state index contributed by atoms with van der Waals surface area (Å²) < 4.78 is 5.72. The van der Waals surface area contributed by atoms with Crippen molar-refractivity contribution in [1.82, 2.24) is 10.1 Å². The molecule has 0 aliphatic heterocycles. The van der Waals surface area contributed by atoms with E-state index < -0.39 is 5.97 Å². The molecule has 0 saturated heterocycles. The van der Waals surface area contributed by atoms with Crippen molar-refractivity contribution in [2.45, 2.75) is 83.0 Å². The van der Waals surface area contributed by atoms with Gasteiger partial charge in [-0.3, -0.25) is 4.79 Å². The number of allylic oxidation sites excluding steroid dienone is 1. The minimum atomic E-state index is -0.907. The van der Waals surface area contributed by atoms with Crippen LogP contribution < -0.4 is 0 Å². The highest BCUT2D eigenvalue weighted by atomic mass is 32.1. The molecule has 2 saturated carbocycles. The summed E-state index contributed by atoms with van der Waals surface area (Å²) in [5, 5.41) is 14.1. The summed E-state index contributed by atoms with van der Waals surface area (Å²) in [6.07, 6.45) is 11.6. The van der Waals surface area contributed by atoms with E-state index in [0.717, 1.165) is 80.5 Å². The van der Waals surface area contributed by atoms with Crippen LogP contribution in [0.5, 0.6) is 0 Å². The summed E-state index contributed by atoms with van der Waals surface area (Å²) in [6, 6.07) is 0. The molecule has 32 heavy (non-hydrogen) atoms. The first-order valence-electron chi connectivity index (χ1n) is 12.1. The number of carboxylic acids is 1. The number of carbonyl (C=O) groups excluding carboxylic acids is 1. The molecular weight excluding hydrogens is 424 g/mol. The van der Waals surface area contributed by atoms with Crippen molar-refractivity contribution in [1.29, 1.82) is 0 Å². The average molecular weight is 453 g/mol. The molecule has 0 aromatic carbocycles. The van der Waals surface area contributed by atoms with Crippen molar-refractivity contribution < 1.29 is 19.2 Å². The second-order valence-corrected chi connectivity index (χ2v) is 11.1. The Labute approximate surface area is 191 Å². The minimum absolute atomic E-state index is 0.0172. The van der Waals surface area contributed by atoms with E-state index in [-0.39, 0.29) is 24.0 Å². The van der Waals surface area contributed by atoms with Gasteiger partial charge in [-0.15, -0.1) is 11.3 Å². The SMILES string of the molecule is O=C(O)C1=C(C(=O)Cc2sc3c(c2-c2nc(C4CC4)no2)CCCCC3)C2CCC1CC2. The van der Waals surface area contributed by atoms with Gasteiger partial charge in [0.2, 0.25) is 0 Å². The lowest BCUT2D eigenvalue weighted by Gasteiger charge is -2.38. The summed E-state index contributed by atoms with van der Waals surface area (Å²) in [7, 11) is 0. The second-order valence-electron chi connectivity index (χ2n) is 9.88. The lowest BCUT2D eigenvalue weighted by atomic mass is 9.65. The average Bonchev–Trinajstić information content (AvgIpc) is 3.50. The standard InChI is InChI=1S/C25H28N2O4S/c28-17(20-13-6-8-14(9-7-13)21(20)25(29)30)12-19-22(16-4-2-1-3-5-18(16)32-19)24-26-23(27-31-24)15-10-11-15/h13-15H,1-12H2,(H,29,30). The van der Waals surface area contributed by atoms with Crippen LogP contribution >= 0.6 is 11.3 Å². The third kappa shape index (κ3) is 3.45. The van der Waals surface area contributed by atoms with Crippen LogP contribution in [0.3, 0.4) is 0 Å². The number of carboxylic acid groups (broad SMARTS) is 1. The van der Waals surface area contributed by atoms with Gasteiger partial charge in [0.1, 0.15) is 0 Å². The molecule has 0 amide bonds. The van der Waals surface area contributed by atoms with Gasteiger partial charge < -0.3 is 9.63 Å². The van der Waals surface area contributed by atoms with E-state index in [4.69, 9.17) is 9.51 Å². The van der Waals surface area contributed by atoms with Gasteiger partial charge in [-0.2, -0.15) is 4.98 Å². The Bertz CT molecular complexity index is 1120. The molecule has 5 aliphatic rings. The quantitative estimate of drug-likeness (QED) is 0.601. The summed E-state index contributed by atoms with van der Waals surface area (Å²) in [4.78, 5) is 32.6. The van der Waals surface area contributed by atoms with Gasteiger partial charge >= 0.3 is 5.97 Å². The molecule has 0 radical (unpaired) electrons. The molecule has 0 atom stereocenters. The maximum absolute atomic E-state index is 13.6. The van der Waals surface area contributed by atoms with Crippen molar-refractivity contribution in [3.8, 4) is 11.5 Å². The van der Waals surface area contributed by atoms with Crippen molar-refractivity contribution in [2.75, 3.05) is 0 Å². The van der Waals surface area contributed by atoms with Crippen LogP contribution in [0.15, 0.2) is 15.7 Å². The smallest absolute Gasteiger partial charge is 0.332 e. The van der Waals surface area contributed by atoms with Crippen molar-refractivity contribution >= 4 is 23.1 Å². The lowest BCUT2D eigenvalue weighted by molar-refractivity contribution is -0.134. The highest BCUT2D eigenvalue weighted by Crippen LogP contribution is 2.47. The van der Waals surface area contributed by atoms with Gasteiger partial charge in [-0.1, -0.05) is 11.6 Å². The van der Waals surface area contributed by atoms with Crippen LogP contribution in [0, 0.1) is 11.8 Å². The van der Waals surface area contributed by atoms with Gasteiger partial charge in [0, 0.05) is 33.2 Å². The number of carbonyl (C=O) groups is 2. The van der Waals surface area contributed by atoms with Crippen LogP contribution in [0.25, 0.3) is 11.5 Å². The van der Waals surface area contributed by atoms with Crippen molar-refractivity contribution in [2.24, 2.45) is 11.8 Å². The summed E-state index contributed by atoms with van der Waals surface area (Å²) in [5.74, 6) is 0.957. The van der Waals surface area contributed by atoms with E-state index in [9.17, 15) is 14.7 Å². The van der Waals surface area contributed by atoms with E-state index in [2.05, 4.69) is 5.16 Å². The molecule has 2 fully saturated rings. The van der Waals surface area contributed by atoms with Crippen LogP contribution in [0.2, 0.25) is 0 Å². The normalized spacial score (nSPS) is 25.0. The molecule has 0 unspecified atom stereocenters. The van der Waals surface area contributed by atoms with E-state index in [0.29, 0.717) is 23.0 Å². The van der Waals surface area contributed by atoms with Crippen LogP contribution in [-0.4, -0.2) is 27.0 Å². The van der Waals surface area contributed by atoms with Crippen molar-refractivity contribution in [3.05, 3.63) is 32.3 Å². The highest BCUT2D eigenvalue weighted by molar-refractivity contribution is 7.12. The molecule has 2 aromatic heterocycles. The molecule has 6 nitrogen and oxygen atoms in total. The number of hydrogen-bond acceptors (Lipinski definition) is 6. The fourth-order valence-corrected chi connectivity index (χ4v) is 7.42. The second kappa shape index (κ2) is 7.94. The topological polar surface area (TPSA) is 93.3 Å². The number of aliphatic carboxylic acids is 1. The summed E-state index contributed by atoms with van der Waals surface area (Å²) in [5.41, 5.74) is 3.24. The molecule has 168 valence electrons. The van der Waals surface area contributed by atoms with E-state index in [1.807, 2.05) is 0 Å². The number of hydrogen-bond donors (Lipinski definition) is 1. The number of rotatable bonds is 6. The zero-order chi connectivity index (χ0) is 21.8. The van der Waals surface area contributed by atoms with Gasteiger partial charge in [-0.05, 0) is 81.6 Å². The third-order valence-corrected chi connectivity index (χ3v) is 9.07. The number of fused-ring (bicyclic) bond motifs is 3. The fourth-order valence-electron chi connectivity index (χ4n) is 6.04. The minimum Gasteiger partial charge on any atom is -0.478 e. The molecule has 2 bridgehead atoms. The first-order chi connectivity index (χ1) is 15.6. The maximum Gasteiger partial charge on any atom is 0.332 e. The Balaban J connectivity index is 1.39. The van der Waals surface area contributed by atoms with Crippen LogP contribution in [-0.2, 0) is 28.9 Å². The summed E-state index contributed by atoms with van der Waals surface area (Å²) in [6.45, 7) is 0. The van der Waals surface area contributed by atoms with E-state index in [1.165, 1.54) is 16.9 Å². The van der Waals surface area contributed by atoms with Crippen molar-refractivity contribution in [3.63, 3.8) is 0 Å². The molecule has 7 rings (SSSR count). The number of aryl methyl sites for hydroxylation is 1. The predicted molar refractivity (Wildman–Crippen MR) is 120 cm³/mol. The third-order valence-electron chi connectivity index (χ3n) is 7.78. The number of ketones is 1. The van der Waals surface area contributed by atoms with Crippen LogP contribution in [0.1, 0.15) is 84.8 Å². The Morgan fingerprint density at radius 2 is 1.62 bits per heavy atom. The van der Waals surface area contributed by atoms with Gasteiger partial charge in [-0.25, -0.2) is 4.79 Å². The van der Waals surface area contributed by atoms with E-state index >= 15 is 0 Å². The predicted octanol–water partition coefficient (Wildman–Crippen LogP) is 5.26. The van der Waals surface area contributed by atoms with Gasteiger partial charge in [0.25, 0.3) is 5.89 Å². The Morgan fingerprint density at radius 3 is 2.34 bits per heavy atom. The Morgan fingerprint density at radius 1 is 0.938 bits per heavy atom. The first kappa shape index (κ1) is 20.3. The Kier molecular flexibility index (Phi) is 5.05. The van der Waals surface area contributed by atoms with Crippen LogP contribution in [0.4, 0.5) is 0 Å². The molecule has 2 heterocycles. The number of aromatic nitrogens is 2.